The summed E-state index contributed by atoms with van der Waals surface area (Å²) < 4.78 is 45.7. The molecule has 0 radical (unpaired) electrons. The number of nitrogens with one attached hydrogen (secondary N) is 1. The molecule has 3 heterocycles. The number of aliphatic hydroxyl groups is 1. The van der Waals surface area contributed by atoms with Gasteiger partial charge in [-0.3, -0.25) is 0 Å². The van der Waals surface area contributed by atoms with Gasteiger partial charge in [-0.1, -0.05) is 11.6 Å². The summed E-state index contributed by atoms with van der Waals surface area (Å²) in [5.74, 6) is 0.972. The smallest absolute Gasteiger partial charge is 0.389 e. The Hall–Kier alpha value is -1.65. The van der Waals surface area contributed by atoms with Crippen LogP contribution in [0.1, 0.15) is 43.8 Å². The van der Waals surface area contributed by atoms with Crippen LogP contribution in [0.4, 0.5) is 19.1 Å². The quantitative estimate of drug-likeness (QED) is 0.773. The first kappa shape index (κ1) is 19.3. The zero-order chi connectivity index (χ0) is 20.4. The first-order chi connectivity index (χ1) is 13.7. The van der Waals surface area contributed by atoms with Gasteiger partial charge in [0.15, 0.2) is 5.15 Å². The highest BCUT2D eigenvalue weighted by Crippen LogP contribution is 2.68. The molecule has 2 aromatic rings. The maximum absolute atomic E-state index is 13.0. The number of aliphatic hydroxyl groups excluding tert-OH is 1. The van der Waals surface area contributed by atoms with Crippen LogP contribution in [0, 0.1) is 11.3 Å². The summed E-state index contributed by atoms with van der Waals surface area (Å²) in [6.45, 7) is 0.775. The first-order valence-corrected chi connectivity index (χ1v) is 10.1. The third-order valence-corrected chi connectivity index (χ3v) is 6.81. The number of imidazole rings is 1. The van der Waals surface area contributed by atoms with E-state index < -0.39 is 24.1 Å². The van der Waals surface area contributed by atoms with Crippen molar-refractivity contribution in [3.63, 3.8) is 0 Å². The fourth-order valence-electron chi connectivity index (χ4n) is 5.32. The van der Waals surface area contributed by atoms with Crippen molar-refractivity contribution >= 4 is 23.1 Å². The van der Waals surface area contributed by atoms with E-state index in [-0.39, 0.29) is 29.6 Å². The summed E-state index contributed by atoms with van der Waals surface area (Å²) in [4.78, 5) is 8.69. The van der Waals surface area contributed by atoms with Crippen molar-refractivity contribution in [2.24, 2.45) is 11.3 Å². The molecular weight excluding hydrogens is 411 g/mol. The van der Waals surface area contributed by atoms with E-state index in [0.717, 1.165) is 0 Å². The molecule has 2 bridgehead atoms. The number of rotatable bonds is 4. The van der Waals surface area contributed by atoms with Gasteiger partial charge in [-0.15, -0.1) is 5.10 Å². The Morgan fingerprint density at radius 3 is 2.86 bits per heavy atom. The van der Waals surface area contributed by atoms with E-state index in [2.05, 4.69) is 20.4 Å². The van der Waals surface area contributed by atoms with Gasteiger partial charge in [-0.2, -0.15) is 13.2 Å². The highest BCUT2D eigenvalue weighted by molar-refractivity contribution is 6.32. The van der Waals surface area contributed by atoms with Crippen LogP contribution < -0.4 is 5.32 Å². The van der Waals surface area contributed by atoms with E-state index in [1.165, 1.54) is 0 Å². The van der Waals surface area contributed by atoms with Gasteiger partial charge in [-0.05, 0) is 37.0 Å². The summed E-state index contributed by atoms with van der Waals surface area (Å²) in [6.07, 6.45) is -1.84. The molecule has 3 aliphatic carbocycles. The van der Waals surface area contributed by atoms with Crippen LogP contribution in [-0.2, 0) is 4.74 Å². The molecule has 1 saturated heterocycles. The van der Waals surface area contributed by atoms with Gasteiger partial charge in [0.1, 0.15) is 11.3 Å². The Labute approximate surface area is 169 Å². The lowest BCUT2D eigenvalue weighted by atomic mass is 9.67. The molecule has 4 fully saturated rings. The number of hydrogen-bond acceptors (Lipinski definition) is 6. The average Bonchev–Trinajstić information content (AvgIpc) is 3.24. The molecule has 3 saturated carbocycles. The lowest BCUT2D eigenvalue weighted by Crippen LogP contribution is -2.42. The van der Waals surface area contributed by atoms with Gasteiger partial charge in [-0.25, -0.2) is 14.5 Å². The summed E-state index contributed by atoms with van der Waals surface area (Å²) in [6, 6.07) is -0.238. The highest BCUT2D eigenvalue weighted by atomic mass is 35.5. The topological polar surface area (TPSA) is 84.6 Å². The standard InChI is InChI=1S/C18H21ClF3N5O2/c19-14-12-6-23-16(24-11-1-2-29-7-13(11)28)26-27(12)15(25-14)10-5-17(3-9(10)4-17)8-18(20,21)22/h6,9-11,13,28H,1-5,7-8H2,(H,24,26)/t9?,10-,11+,13-,17?/m1/s1. The van der Waals surface area contributed by atoms with E-state index in [1.54, 1.807) is 10.7 Å². The molecular formula is C18H21ClF3N5O2. The minimum atomic E-state index is -4.16. The molecule has 0 spiro atoms. The van der Waals surface area contributed by atoms with Crippen molar-refractivity contribution < 1.29 is 23.0 Å². The summed E-state index contributed by atoms with van der Waals surface area (Å²) in [5, 5.41) is 17.9. The molecule has 11 heteroatoms. The molecule has 0 aromatic carbocycles. The van der Waals surface area contributed by atoms with E-state index in [0.29, 0.717) is 49.6 Å². The third kappa shape index (κ3) is 3.44. The fourth-order valence-corrected chi connectivity index (χ4v) is 5.53. The van der Waals surface area contributed by atoms with Crippen molar-refractivity contribution in [1.82, 2.24) is 19.6 Å². The number of anilines is 1. The van der Waals surface area contributed by atoms with Crippen LogP contribution in [0.2, 0.25) is 5.15 Å². The van der Waals surface area contributed by atoms with Crippen LogP contribution in [0.25, 0.3) is 5.52 Å². The SMILES string of the molecule is O[C@@H]1COCC[C@@H]1Nc1ncc2c(Cl)nc([C@@H]3CC4(CC(F)(F)F)CC3C4)n2n1. The number of hydrogen-bond donors (Lipinski definition) is 2. The second-order valence-electron chi connectivity index (χ2n) is 8.59. The molecule has 2 N–H and O–H groups in total. The Bertz CT molecular complexity index is 930. The number of halogens is 4. The molecule has 0 amide bonds. The number of fused-ring (bicyclic) bond motifs is 2. The molecule has 2 aromatic heterocycles. The van der Waals surface area contributed by atoms with Crippen molar-refractivity contribution in [2.75, 3.05) is 18.5 Å². The predicted molar refractivity (Wildman–Crippen MR) is 97.8 cm³/mol. The van der Waals surface area contributed by atoms with Gasteiger partial charge in [0.05, 0.1) is 24.9 Å². The van der Waals surface area contributed by atoms with Crippen LogP contribution >= 0.6 is 11.6 Å². The molecule has 29 heavy (non-hydrogen) atoms. The Balaban J connectivity index is 1.42. The van der Waals surface area contributed by atoms with Crippen LogP contribution in [0.5, 0.6) is 0 Å². The Morgan fingerprint density at radius 2 is 2.14 bits per heavy atom. The normalized spacial score (nSPS) is 34.4. The minimum Gasteiger partial charge on any atom is -0.389 e. The van der Waals surface area contributed by atoms with Gasteiger partial charge in [0.2, 0.25) is 5.95 Å². The van der Waals surface area contributed by atoms with Crippen molar-refractivity contribution in [3.8, 4) is 0 Å². The van der Waals surface area contributed by atoms with Crippen molar-refractivity contribution in [3.05, 3.63) is 17.2 Å². The second-order valence-corrected chi connectivity index (χ2v) is 8.95. The maximum atomic E-state index is 13.0. The van der Waals surface area contributed by atoms with Gasteiger partial charge in [0, 0.05) is 18.9 Å². The van der Waals surface area contributed by atoms with E-state index in [4.69, 9.17) is 16.3 Å². The molecule has 6 rings (SSSR count). The maximum Gasteiger partial charge on any atom is 0.389 e. The average molecular weight is 432 g/mol. The first-order valence-electron chi connectivity index (χ1n) is 9.73. The minimum absolute atomic E-state index is 0.103. The summed E-state index contributed by atoms with van der Waals surface area (Å²) in [5.41, 5.74) is -0.152. The number of aromatic nitrogens is 4. The number of ether oxygens (including phenoxy) is 1. The van der Waals surface area contributed by atoms with Gasteiger partial charge >= 0.3 is 6.18 Å². The van der Waals surface area contributed by atoms with Crippen LogP contribution in [0.15, 0.2) is 6.20 Å². The van der Waals surface area contributed by atoms with Crippen molar-refractivity contribution in [2.45, 2.75) is 56.3 Å². The number of alkyl halides is 3. The summed E-state index contributed by atoms with van der Waals surface area (Å²) in [7, 11) is 0. The lowest BCUT2D eigenvalue weighted by Gasteiger charge is -2.39. The molecule has 4 aliphatic rings. The fraction of sp³-hybridized carbons (Fsp3) is 0.722. The zero-order valence-corrected chi connectivity index (χ0v) is 16.2. The second kappa shape index (κ2) is 6.68. The highest BCUT2D eigenvalue weighted by Gasteiger charge is 2.60. The molecule has 158 valence electrons. The van der Waals surface area contributed by atoms with E-state index in [1.807, 2.05) is 0 Å². The summed E-state index contributed by atoms with van der Waals surface area (Å²) >= 11 is 6.26. The third-order valence-electron chi connectivity index (χ3n) is 6.53. The largest absolute Gasteiger partial charge is 0.389 e. The van der Waals surface area contributed by atoms with Crippen LogP contribution in [-0.4, -0.2) is 56.2 Å². The van der Waals surface area contributed by atoms with E-state index in [9.17, 15) is 18.3 Å². The molecule has 1 aliphatic heterocycles. The van der Waals surface area contributed by atoms with E-state index >= 15 is 0 Å². The molecule has 0 unspecified atom stereocenters. The zero-order valence-electron chi connectivity index (χ0n) is 15.5. The van der Waals surface area contributed by atoms with Crippen molar-refractivity contribution in [1.29, 1.82) is 0 Å². The predicted octanol–water partition coefficient (Wildman–Crippen LogP) is 3.18. The molecule has 3 atom stereocenters. The van der Waals surface area contributed by atoms with Crippen LogP contribution in [0.3, 0.4) is 0 Å². The Kier molecular flexibility index (Phi) is 4.45. The van der Waals surface area contributed by atoms with Gasteiger partial charge < -0.3 is 15.2 Å². The number of nitrogens with zero attached hydrogens (tertiary/aromatic N) is 4. The molecule has 7 nitrogen and oxygen atoms in total. The lowest BCUT2D eigenvalue weighted by molar-refractivity contribution is -0.166. The Morgan fingerprint density at radius 1 is 1.34 bits per heavy atom. The van der Waals surface area contributed by atoms with Gasteiger partial charge in [0.25, 0.3) is 0 Å². The monoisotopic (exact) mass is 431 g/mol.